The van der Waals surface area contributed by atoms with Gasteiger partial charge in [0, 0.05) is 9.86 Å². The number of nitrogens with zero attached hydrogens (tertiary/aromatic N) is 1. The molecule has 1 N–H and O–H groups in total. The number of amides is 1. The number of aryl methyl sites for hydroxylation is 1. The molecule has 3 aromatic rings. The monoisotopic (exact) mass is 424 g/mol. The first kappa shape index (κ1) is 19.1. The summed E-state index contributed by atoms with van der Waals surface area (Å²) in [5, 5.41) is 6.16. The molecule has 3 rings (SSSR count). The van der Waals surface area contributed by atoms with Gasteiger partial charge in [0.1, 0.15) is 5.75 Å². The molecule has 27 heavy (non-hydrogen) atoms. The lowest BCUT2D eigenvalue weighted by atomic mass is 10.1. The molecule has 3 aromatic carbocycles. The summed E-state index contributed by atoms with van der Waals surface area (Å²) in [4.78, 5) is 12.1. The Morgan fingerprint density at radius 3 is 2.44 bits per heavy atom. The zero-order valence-corrected chi connectivity index (χ0v) is 16.9. The number of hydrazone groups is 1. The van der Waals surface area contributed by atoms with Gasteiger partial charge >= 0.3 is 0 Å². The van der Waals surface area contributed by atoms with Gasteiger partial charge in [-0.3, -0.25) is 4.79 Å². The van der Waals surface area contributed by atoms with Gasteiger partial charge in [-0.2, -0.15) is 5.10 Å². The quantitative estimate of drug-likeness (QED) is 0.442. The van der Waals surface area contributed by atoms with Gasteiger partial charge in [0.2, 0.25) is 0 Å². The largest absolute Gasteiger partial charge is 0.483 e. The van der Waals surface area contributed by atoms with Crippen LogP contribution in [0.5, 0.6) is 5.75 Å². The van der Waals surface area contributed by atoms with Gasteiger partial charge in [-0.15, -0.1) is 0 Å². The van der Waals surface area contributed by atoms with E-state index in [1.165, 1.54) is 5.56 Å². The summed E-state index contributed by atoms with van der Waals surface area (Å²) >= 11 is 3.53. The average molecular weight is 425 g/mol. The number of rotatable bonds is 6. The Hall–Kier alpha value is -2.66. The molecule has 0 unspecified atom stereocenters. The summed E-state index contributed by atoms with van der Waals surface area (Å²) in [5.41, 5.74) is 5.55. The van der Waals surface area contributed by atoms with E-state index in [1.807, 2.05) is 55.5 Å². The number of benzene rings is 3. The van der Waals surface area contributed by atoms with Crippen LogP contribution in [0.3, 0.4) is 0 Å². The Bertz CT molecular complexity index is 981. The minimum absolute atomic E-state index is 0.100. The van der Waals surface area contributed by atoms with Crippen LogP contribution in [0, 0.1) is 0 Å². The molecular weight excluding hydrogens is 404 g/mol. The molecule has 0 aliphatic carbocycles. The number of halogens is 1. The smallest absolute Gasteiger partial charge is 0.277 e. The molecule has 138 valence electrons. The lowest BCUT2D eigenvalue weighted by molar-refractivity contribution is -0.123. The SMILES string of the molecule is CCc1ccc(/C(C)=N/NC(=O)COc2ccc(Br)c3ccccc23)cc1. The van der Waals surface area contributed by atoms with Gasteiger partial charge in [0.25, 0.3) is 5.91 Å². The Morgan fingerprint density at radius 1 is 1.04 bits per heavy atom. The maximum Gasteiger partial charge on any atom is 0.277 e. The van der Waals surface area contributed by atoms with E-state index >= 15 is 0 Å². The van der Waals surface area contributed by atoms with Crippen molar-refractivity contribution >= 4 is 38.3 Å². The van der Waals surface area contributed by atoms with Gasteiger partial charge in [0.05, 0.1) is 5.71 Å². The van der Waals surface area contributed by atoms with Crippen LogP contribution in [-0.4, -0.2) is 18.2 Å². The van der Waals surface area contributed by atoms with Crippen LogP contribution in [0.2, 0.25) is 0 Å². The summed E-state index contributed by atoms with van der Waals surface area (Å²) in [6.45, 7) is 3.88. The predicted octanol–water partition coefficient (Wildman–Crippen LogP) is 5.08. The van der Waals surface area contributed by atoms with Crippen molar-refractivity contribution in [2.24, 2.45) is 5.10 Å². The molecule has 0 saturated heterocycles. The maximum absolute atomic E-state index is 12.1. The van der Waals surface area contributed by atoms with Crippen LogP contribution in [0.25, 0.3) is 10.8 Å². The summed E-state index contributed by atoms with van der Waals surface area (Å²) in [5.74, 6) is 0.367. The van der Waals surface area contributed by atoms with Gasteiger partial charge in [-0.1, -0.05) is 71.4 Å². The summed E-state index contributed by atoms with van der Waals surface area (Å²) in [6.07, 6.45) is 0.995. The van der Waals surface area contributed by atoms with Crippen molar-refractivity contribution < 1.29 is 9.53 Å². The fourth-order valence-electron chi connectivity index (χ4n) is 2.73. The van der Waals surface area contributed by atoms with Crippen molar-refractivity contribution in [3.8, 4) is 5.75 Å². The van der Waals surface area contributed by atoms with E-state index in [0.717, 1.165) is 32.9 Å². The van der Waals surface area contributed by atoms with Crippen LogP contribution in [0.15, 0.2) is 70.2 Å². The number of carbonyl (C=O) groups excluding carboxylic acids is 1. The Balaban J connectivity index is 1.62. The van der Waals surface area contributed by atoms with Gasteiger partial charge in [0.15, 0.2) is 6.61 Å². The second kappa shape index (κ2) is 8.82. The molecule has 0 spiro atoms. The summed E-state index contributed by atoms with van der Waals surface area (Å²) in [7, 11) is 0. The minimum atomic E-state index is -0.300. The lowest BCUT2D eigenvalue weighted by Crippen LogP contribution is -2.25. The fourth-order valence-corrected chi connectivity index (χ4v) is 3.21. The van der Waals surface area contributed by atoms with Gasteiger partial charge < -0.3 is 4.74 Å². The van der Waals surface area contributed by atoms with Crippen LogP contribution in [-0.2, 0) is 11.2 Å². The molecule has 0 radical (unpaired) electrons. The number of ether oxygens (including phenoxy) is 1. The third kappa shape index (κ3) is 4.74. The molecule has 0 fully saturated rings. The molecular formula is C22H21BrN2O2. The minimum Gasteiger partial charge on any atom is -0.483 e. The van der Waals surface area contributed by atoms with Crippen molar-refractivity contribution in [2.45, 2.75) is 20.3 Å². The number of carbonyl (C=O) groups is 1. The number of nitrogens with one attached hydrogen (secondary N) is 1. The maximum atomic E-state index is 12.1. The normalized spacial score (nSPS) is 11.4. The second-order valence-electron chi connectivity index (χ2n) is 6.16. The van der Waals surface area contributed by atoms with Crippen molar-refractivity contribution in [3.05, 3.63) is 76.3 Å². The van der Waals surface area contributed by atoms with Gasteiger partial charge in [-0.05, 0) is 42.0 Å². The van der Waals surface area contributed by atoms with E-state index in [0.29, 0.717) is 5.75 Å². The van der Waals surface area contributed by atoms with E-state index in [9.17, 15) is 4.79 Å². The predicted molar refractivity (Wildman–Crippen MR) is 113 cm³/mol. The summed E-state index contributed by atoms with van der Waals surface area (Å²) < 4.78 is 6.69. The summed E-state index contributed by atoms with van der Waals surface area (Å²) in [6, 6.07) is 19.8. The Morgan fingerprint density at radius 2 is 1.74 bits per heavy atom. The number of hydrogen-bond donors (Lipinski definition) is 1. The van der Waals surface area contributed by atoms with E-state index in [1.54, 1.807) is 0 Å². The highest BCUT2D eigenvalue weighted by Crippen LogP contribution is 2.31. The molecule has 0 bridgehead atoms. The van der Waals surface area contributed by atoms with E-state index in [2.05, 4.69) is 45.5 Å². The average Bonchev–Trinajstić information content (AvgIpc) is 2.71. The molecule has 5 heteroatoms. The first-order valence-electron chi connectivity index (χ1n) is 8.81. The zero-order valence-electron chi connectivity index (χ0n) is 15.3. The molecule has 1 amide bonds. The van der Waals surface area contributed by atoms with E-state index in [-0.39, 0.29) is 12.5 Å². The molecule has 0 saturated carbocycles. The van der Waals surface area contributed by atoms with Crippen LogP contribution < -0.4 is 10.2 Å². The number of hydrogen-bond acceptors (Lipinski definition) is 3. The van der Waals surface area contributed by atoms with Crippen molar-refractivity contribution in [2.75, 3.05) is 6.61 Å². The standard InChI is InChI=1S/C22H21BrN2O2/c1-3-16-8-10-17(11-9-16)15(2)24-25-22(26)14-27-21-13-12-20(23)18-6-4-5-7-19(18)21/h4-13H,3,14H2,1-2H3,(H,25,26)/b24-15+. The molecule has 0 aliphatic heterocycles. The highest BCUT2D eigenvalue weighted by Gasteiger charge is 2.08. The van der Waals surface area contributed by atoms with Crippen LogP contribution in [0.4, 0.5) is 0 Å². The van der Waals surface area contributed by atoms with E-state index in [4.69, 9.17) is 4.74 Å². The third-order valence-electron chi connectivity index (χ3n) is 4.32. The van der Waals surface area contributed by atoms with Crippen molar-refractivity contribution in [1.82, 2.24) is 5.43 Å². The highest BCUT2D eigenvalue weighted by atomic mass is 79.9. The van der Waals surface area contributed by atoms with Crippen LogP contribution in [0.1, 0.15) is 25.0 Å². The highest BCUT2D eigenvalue weighted by molar-refractivity contribution is 9.10. The lowest BCUT2D eigenvalue weighted by Gasteiger charge is -2.10. The van der Waals surface area contributed by atoms with E-state index < -0.39 is 0 Å². The van der Waals surface area contributed by atoms with Crippen LogP contribution >= 0.6 is 15.9 Å². The van der Waals surface area contributed by atoms with Gasteiger partial charge in [-0.25, -0.2) is 5.43 Å². The fraction of sp³-hybridized carbons (Fsp3) is 0.182. The van der Waals surface area contributed by atoms with Crippen molar-refractivity contribution in [1.29, 1.82) is 0 Å². The molecule has 0 atom stereocenters. The van der Waals surface area contributed by atoms with Crippen molar-refractivity contribution in [3.63, 3.8) is 0 Å². The molecule has 0 aliphatic rings. The topological polar surface area (TPSA) is 50.7 Å². The Labute approximate surface area is 167 Å². The molecule has 0 aromatic heterocycles. The third-order valence-corrected chi connectivity index (χ3v) is 5.01. The first-order chi connectivity index (χ1) is 13.1. The number of fused-ring (bicyclic) bond motifs is 1. The Kier molecular flexibility index (Phi) is 6.24. The molecule has 0 heterocycles. The second-order valence-corrected chi connectivity index (χ2v) is 7.02. The molecule has 4 nitrogen and oxygen atoms in total. The zero-order chi connectivity index (χ0) is 19.2. The first-order valence-corrected chi connectivity index (χ1v) is 9.60.